The highest BCUT2D eigenvalue weighted by Gasteiger charge is 1.97. The highest BCUT2D eigenvalue weighted by molar-refractivity contribution is 6.48. The van der Waals surface area contributed by atoms with Crippen LogP contribution >= 0.6 is 0 Å². The largest absolute Gasteiger partial charge is 0.302 e. The fourth-order valence-corrected chi connectivity index (χ4v) is 1.50. The van der Waals surface area contributed by atoms with Gasteiger partial charge < -0.3 is 4.80 Å². The summed E-state index contributed by atoms with van der Waals surface area (Å²) < 4.78 is 0. The summed E-state index contributed by atoms with van der Waals surface area (Å²) in [5, 5.41) is 0. The summed E-state index contributed by atoms with van der Waals surface area (Å²) in [6, 6.07) is 0.949. The highest BCUT2D eigenvalue weighted by atomic mass is 28.3. The molecule has 2 heteroatoms. The molecule has 1 atom stereocenters. The van der Waals surface area contributed by atoms with Gasteiger partial charge in [-0.1, -0.05) is 18.6 Å². The van der Waals surface area contributed by atoms with Crippen molar-refractivity contribution in [1.82, 2.24) is 0 Å². The lowest BCUT2D eigenvalue weighted by Gasteiger charge is -1.94. The molecule has 0 fully saturated rings. The van der Waals surface area contributed by atoms with Crippen LogP contribution in [0.2, 0.25) is 12.6 Å². The maximum Gasteiger partial charge on any atom is 0.219 e. The van der Waals surface area contributed by atoms with Crippen LogP contribution in [0.15, 0.2) is 12.2 Å². The van der Waals surface area contributed by atoms with E-state index in [2.05, 4.69) is 6.08 Å². The van der Waals surface area contributed by atoms with Crippen LogP contribution in [0.3, 0.4) is 0 Å². The van der Waals surface area contributed by atoms with Crippen molar-refractivity contribution >= 4 is 9.04 Å². The van der Waals surface area contributed by atoms with Gasteiger partial charge in [0.05, 0.1) is 0 Å². The van der Waals surface area contributed by atoms with Gasteiger partial charge >= 0.3 is 0 Å². The van der Waals surface area contributed by atoms with E-state index in [1.165, 1.54) is 0 Å². The summed E-state index contributed by atoms with van der Waals surface area (Å²) in [5.41, 5.74) is 0. The predicted molar refractivity (Wildman–Crippen MR) is 42.6 cm³/mol. The molecule has 0 bridgehead atoms. The van der Waals surface area contributed by atoms with E-state index in [4.69, 9.17) is 0 Å². The lowest BCUT2D eigenvalue weighted by molar-refractivity contribution is 0.450. The molecule has 0 heterocycles. The number of allylic oxidation sites excluding steroid dienone is 2. The van der Waals surface area contributed by atoms with E-state index in [1.54, 1.807) is 0 Å². The molecule has 0 aromatic heterocycles. The summed E-state index contributed by atoms with van der Waals surface area (Å²) in [6.07, 6.45) is 6.35. The van der Waals surface area contributed by atoms with Crippen molar-refractivity contribution in [1.29, 1.82) is 0 Å². The van der Waals surface area contributed by atoms with Crippen molar-refractivity contribution in [2.24, 2.45) is 0 Å². The van der Waals surface area contributed by atoms with Gasteiger partial charge in [0, 0.05) is 0 Å². The first-order chi connectivity index (χ1) is 4.27. The molecule has 0 saturated heterocycles. The molecule has 0 N–H and O–H groups in total. The van der Waals surface area contributed by atoms with Gasteiger partial charge in [0.15, 0.2) is 0 Å². The maximum atomic E-state index is 10.6. The topological polar surface area (TPSA) is 19.9 Å². The van der Waals surface area contributed by atoms with E-state index >= 15 is 0 Å². The van der Waals surface area contributed by atoms with Crippen LogP contribution in [-0.4, -0.2) is 9.04 Å². The quantitative estimate of drug-likeness (QED) is 0.326. The van der Waals surface area contributed by atoms with E-state index in [9.17, 15) is 4.80 Å². The molecule has 0 aromatic carbocycles. The molecule has 0 saturated carbocycles. The Labute approximate surface area is 59.1 Å². The van der Waals surface area contributed by atoms with Crippen LogP contribution in [0, 0.1) is 0 Å². The van der Waals surface area contributed by atoms with Crippen LogP contribution < -0.4 is 0 Å². The molecule has 0 aromatic rings. The van der Waals surface area contributed by atoms with Gasteiger partial charge in [-0.2, -0.15) is 0 Å². The van der Waals surface area contributed by atoms with Gasteiger partial charge in [0.25, 0.3) is 0 Å². The van der Waals surface area contributed by atoms with Crippen LogP contribution in [0.5, 0.6) is 0 Å². The van der Waals surface area contributed by atoms with E-state index in [1.807, 2.05) is 19.5 Å². The molecule has 1 unspecified atom stereocenters. The molecular formula is C7H15OSi. The summed E-state index contributed by atoms with van der Waals surface area (Å²) in [6.45, 7) is 3.87. The smallest absolute Gasteiger partial charge is 0.219 e. The summed E-state index contributed by atoms with van der Waals surface area (Å²) >= 11 is 0. The standard InChI is InChI=1S/C7H15OSi/c1-3-4-5-6-7-9(2)8/h3-4,9H,5-7H2,1-2H3. The second kappa shape index (κ2) is 6.04. The van der Waals surface area contributed by atoms with Gasteiger partial charge in [0.1, 0.15) is 0 Å². The Morgan fingerprint density at radius 1 is 1.56 bits per heavy atom. The number of unbranched alkanes of at least 4 members (excludes halogenated alkanes) is 1. The lowest BCUT2D eigenvalue weighted by Crippen LogP contribution is -2.00. The SMILES string of the molecule is CC=CCCC[SiH](C)[O]. The third-order valence-electron chi connectivity index (χ3n) is 1.22. The molecule has 0 aliphatic carbocycles. The first-order valence-corrected chi connectivity index (χ1v) is 5.98. The van der Waals surface area contributed by atoms with Crippen molar-refractivity contribution in [3.8, 4) is 0 Å². The summed E-state index contributed by atoms with van der Waals surface area (Å²) in [5.74, 6) is 0. The molecular weight excluding hydrogens is 128 g/mol. The Bertz CT molecular complexity index is 79.0. The van der Waals surface area contributed by atoms with Crippen molar-refractivity contribution in [2.45, 2.75) is 32.4 Å². The monoisotopic (exact) mass is 143 g/mol. The minimum absolute atomic E-state index is 0.949. The van der Waals surface area contributed by atoms with Crippen LogP contribution in [0.25, 0.3) is 0 Å². The average molecular weight is 143 g/mol. The number of hydrogen-bond donors (Lipinski definition) is 0. The lowest BCUT2D eigenvalue weighted by atomic mass is 10.3. The normalized spacial score (nSPS) is 14.6. The maximum absolute atomic E-state index is 10.6. The van der Waals surface area contributed by atoms with Gasteiger partial charge in [-0.05, 0) is 25.9 Å². The molecule has 0 aliphatic rings. The zero-order chi connectivity index (χ0) is 7.11. The highest BCUT2D eigenvalue weighted by Crippen LogP contribution is 1.99. The van der Waals surface area contributed by atoms with Crippen LogP contribution in [0.4, 0.5) is 0 Å². The Balaban J connectivity index is 2.91. The number of hydrogen-bond acceptors (Lipinski definition) is 0. The third kappa shape index (κ3) is 7.92. The third-order valence-corrected chi connectivity index (χ3v) is 2.44. The van der Waals surface area contributed by atoms with Gasteiger partial charge in [-0.3, -0.25) is 0 Å². The zero-order valence-electron chi connectivity index (χ0n) is 6.26. The molecule has 0 rings (SSSR count). The minimum Gasteiger partial charge on any atom is -0.302 e. The van der Waals surface area contributed by atoms with E-state index in [0.717, 1.165) is 18.9 Å². The average Bonchev–Trinajstić information content (AvgIpc) is 1.80. The second-order valence-electron chi connectivity index (χ2n) is 2.31. The van der Waals surface area contributed by atoms with Gasteiger partial charge in [-0.25, -0.2) is 0 Å². The molecule has 0 spiro atoms. The molecule has 0 amide bonds. The van der Waals surface area contributed by atoms with Crippen LogP contribution in [0.1, 0.15) is 19.8 Å². The predicted octanol–water partition coefficient (Wildman–Crippen LogP) is 2.13. The number of rotatable bonds is 4. The van der Waals surface area contributed by atoms with E-state index in [0.29, 0.717) is 0 Å². The molecule has 1 nitrogen and oxygen atoms in total. The van der Waals surface area contributed by atoms with Crippen molar-refractivity contribution < 1.29 is 4.80 Å². The van der Waals surface area contributed by atoms with Crippen molar-refractivity contribution in [2.75, 3.05) is 0 Å². The Kier molecular flexibility index (Phi) is 5.99. The first kappa shape index (κ1) is 8.92. The molecule has 1 radical (unpaired) electrons. The fraction of sp³-hybridized carbons (Fsp3) is 0.714. The Morgan fingerprint density at radius 2 is 2.22 bits per heavy atom. The second-order valence-corrected chi connectivity index (χ2v) is 4.51. The Hall–Kier alpha value is -0.0831. The van der Waals surface area contributed by atoms with Crippen molar-refractivity contribution in [3.63, 3.8) is 0 Å². The van der Waals surface area contributed by atoms with E-state index < -0.39 is 9.04 Å². The van der Waals surface area contributed by atoms with Crippen LogP contribution in [-0.2, 0) is 4.80 Å². The summed E-state index contributed by atoms with van der Waals surface area (Å²) in [4.78, 5) is 10.6. The van der Waals surface area contributed by atoms with Crippen molar-refractivity contribution in [3.05, 3.63) is 12.2 Å². The molecule has 0 aliphatic heterocycles. The minimum atomic E-state index is -1.50. The molecule has 53 valence electrons. The molecule has 9 heavy (non-hydrogen) atoms. The summed E-state index contributed by atoms with van der Waals surface area (Å²) in [7, 11) is -1.50. The zero-order valence-corrected chi connectivity index (χ0v) is 7.42. The van der Waals surface area contributed by atoms with E-state index in [-0.39, 0.29) is 0 Å². The van der Waals surface area contributed by atoms with Gasteiger partial charge in [-0.15, -0.1) is 0 Å². The Morgan fingerprint density at radius 3 is 2.67 bits per heavy atom. The first-order valence-electron chi connectivity index (χ1n) is 3.54. The van der Waals surface area contributed by atoms with Gasteiger partial charge in [0.2, 0.25) is 9.04 Å². The fourth-order valence-electron chi connectivity index (χ4n) is 0.690.